The van der Waals surface area contributed by atoms with E-state index in [0.717, 1.165) is 78.9 Å². The Morgan fingerprint density at radius 3 is 2.58 bits per heavy atom. The number of carbonyl (C=O) groups excluding carboxylic acids is 1. The van der Waals surface area contributed by atoms with Crippen LogP contribution in [0.1, 0.15) is 54.2 Å². The van der Waals surface area contributed by atoms with Crippen LogP contribution in [0, 0.1) is 5.92 Å². The van der Waals surface area contributed by atoms with Gasteiger partial charge in [-0.3, -0.25) is 14.7 Å². The molecule has 170 valence electrons. The number of anilines is 1. The largest absolute Gasteiger partial charge is 0.384 e. The van der Waals surface area contributed by atoms with Crippen LogP contribution in [0.2, 0.25) is 0 Å². The summed E-state index contributed by atoms with van der Waals surface area (Å²) >= 11 is 0. The predicted octanol–water partition coefficient (Wildman–Crippen LogP) is 6.02. The lowest BCUT2D eigenvalue weighted by molar-refractivity contribution is 0.102. The fourth-order valence-corrected chi connectivity index (χ4v) is 5.30. The molecule has 2 heterocycles. The van der Waals surface area contributed by atoms with E-state index in [4.69, 9.17) is 4.98 Å². The van der Waals surface area contributed by atoms with Crippen LogP contribution < -0.4 is 5.32 Å². The number of piperidine rings is 1. The molecule has 0 amide bonds. The molecule has 0 unspecified atom stereocenters. The number of allylic oxidation sites excluding steroid dienone is 2. The highest BCUT2D eigenvalue weighted by atomic mass is 16.1. The van der Waals surface area contributed by atoms with Gasteiger partial charge >= 0.3 is 0 Å². The van der Waals surface area contributed by atoms with Gasteiger partial charge in [-0.2, -0.15) is 0 Å². The molecule has 0 radical (unpaired) electrons. The fourth-order valence-electron chi connectivity index (χ4n) is 5.30. The van der Waals surface area contributed by atoms with E-state index in [-0.39, 0.29) is 5.78 Å². The third-order valence-corrected chi connectivity index (χ3v) is 7.12. The molecule has 1 aliphatic heterocycles. The average Bonchev–Trinajstić information content (AvgIpc) is 2.85. The maximum Gasteiger partial charge on any atom is 0.192 e. The van der Waals surface area contributed by atoms with Crippen molar-refractivity contribution >= 4 is 22.4 Å². The molecule has 0 atom stereocenters. The van der Waals surface area contributed by atoms with Crippen molar-refractivity contribution in [1.82, 2.24) is 9.88 Å². The monoisotopic (exact) mass is 439 g/mol. The number of rotatable bonds is 6. The number of aromatic nitrogens is 1. The number of nitrogens with one attached hydrogen (secondary N) is 1. The summed E-state index contributed by atoms with van der Waals surface area (Å²) in [7, 11) is 0. The highest BCUT2D eigenvalue weighted by molar-refractivity contribution is 6.17. The third-order valence-electron chi connectivity index (χ3n) is 7.12. The van der Waals surface area contributed by atoms with Crippen LogP contribution in [-0.2, 0) is 13.0 Å². The summed E-state index contributed by atoms with van der Waals surface area (Å²) in [5.74, 6) is 0.841. The molecular weight excluding hydrogens is 406 g/mol. The normalized spacial score (nSPS) is 18.6. The van der Waals surface area contributed by atoms with Gasteiger partial charge in [-0.05, 0) is 75.2 Å². The van der Waals surface area contributed by atoms with E-state index in [1.165, 1.54) is 18.4 Å². The van der Waals surface area contributed by atoms with Crippen molar-refractivity contribution < 1.29 is 4.79 Å². The first-order chi connectivity index (χ1) is 16.2. The second-order valence-corrected chi connectivity index (χ2v) is 9.36. The number of ketones is 1. The van der Waals surface area contributed by atoms with Gasteiger partial charge in [0.2, 0.25) is 0 Å². The van der Waals surface area contributed by atoms with Gasteiger partial charge in [-0.1, -0.05) is 54.6 Å². The number of likely N-dealkylation sites (tertiary alicyclic amines) is 1. The molecule has 3 aromatic rings. The molecule has 2 aliphatic rings. The lowest BCUT2D eigenvalue weighted by atomic mass is 9.85. The topological polar surface area (TPSA) is 45.2 Å². The van der Waals surface area contributed by atoms with Crippen molar-refractivity contribution in [3.05, 3.63) is 83.1 Å². The molecule has 1 saturated heterocycles. The average molecular weight is 440 g/mol. The maximum atomic E-state index is 13.5. The molecule has 0 bridgehead atoms. The van der Waals surface area contributed by atoms with E-state index in [0.29, 0.717) is 5.92 Å². The van der Waals surface area contributed by atoms with Crippen molar-refractivity contribution in [1.29, 1.82) is 0 Å². The Kier molecular flexibility index (Phi) is 6.54. The van der Waals surface area contributed by atoms with Crippen LogP contribution in [0.15, 0.2) is 66.2 Å². The molecule has 1 N–H and O–H groups in total. The number of Topliss-reactive ketones (excluding diaryl/α,β-unsaturated/α-hetero) is 1. The molecule has 1 aromatic heterocycles. The van der Waals surface area contributed by atoms with Crippen LogP contribution in [0.25, 0.3) is 10.9 Å². The second kappa shape index (κ2) is 9.88. The highest BCUT2D eigenvalue weighted by Crippen LogP contribution is 2.35. The van der Waals surface area contributed by atoms with Gasteiger partial charge in [0.1, 0.15) is 0 Å². The Balaban J connectivity index is 1.27. The molecule has 0 spiro atoms. The van der Waals surface area contributed by atoms with Crippen molar-refractivity contribution in [2.75, 3.05) is 25.0 Å². The number of hydrogen-bond donors (Lipinski definition) is 1. The van der Waals surface area contributed by atoms with Crippen molar-refractivity contribution in [3.8, 4) is 0 Å². The number of nitrogens with zero attached hydrogens (tertiary/aromatic N) is 2. The van der Waals surface area contributed by atoms with Crippen LogP contribution >= 0.6 is 0 Å². The summed E-state index contributed by atoms with van der Waals surface area (Å²) in [4.78, 5) is 20.9. The zero-order valence-electron chi connectivity index (χ0n) is 19.5. The summed E-state index contributed by atoms with van der Waals surface area (Å²) in [5.41, 5.74) is 6.04. The van der Waals surface area contributed by atoms with E-state index in [9.17, 15) is 4.79 Å². The number of pyridine rings is 1. The quantitative estimate of drug-likeness (QED) is 0.477. The van der Waals surface area contributed by atoms with Crippen LogP contribution in [0.5, 0.6) is 0 Å². The Labute approximate surface area is 196 Å². The van der Waals surface area contributed by atoms with Crippen LogP contribution in [-0.4, -0.2) is 35.3 Å². The smallest absolute Gasteiger partial charge is 0.192 e. The van der Waals surface area contributed by atoms with E-state index in [2.05, 4.69) is 59.6 Å². The first-order valence-corrected chi connectivity index (χ1v) is 12.4. The second-order valence-electron chi connectivity index (χ2n) is 9.36. The summed E-state index contributed by atoms with van der Waals surface area (Å²) in [6.07, 6.45) is 7.30. The maximum absolute atomic E-state index is 13.5. The summed E-state index contributed by atoms with van der Waals surface area (Å²) in [5, 5.41) is 4.51. The van der Waals surface area contributed by atoms with Crippen molar-refractivity contribution in [3.63, 3.8) is 0 Å². The van der Waals surface area contributed by atoms with Crippen molar-refractivity contribution in [2.45, 2.75) is 45.6 Å². The molecule has 0 saturated carbocycles. The van der Waals surface area contributed by atoms with Gasteiger partial charge in [0.05, 0.1) is 22.5 Å². The van der Waals surface area contributed by atoms with Gasteiger partial charge in [-0.25, -0.2) is 0 Å². The standard InChI is InChI=1S/C29H33N3O/c1-2-30-28-24-10-6-7-11-25(24)31-26-15-14-23(29(33)27(26)28)13-12-21-16-18-32(19-17-21)20-22-8-4-3-5-9-22/h3-11,13,21H,2,12,14-20H2,1H3,(H,30,31)/b23-13-. The van der Waals surface area contributed by atoms with Gasteiger partial charge in [-0.15, -0.1) is 0 Å². The number of carbonyl (C=O) groups is 1. The fraction of sp³-hybridized carbons (Fsp3) is 0.379. The zero-order valence-corrected chi connectivity index (χ0v) is 19.5. The number of hydrogen-bond acceptors (Lipinski definition) is 4. The summed E-state index contributed by atoms with van der Waals surface area (Å²) in [6, 6.07) is 18.9. The van der Waals surface area contributed by atoms with Gasteiger partial charge < -0.3 is 5.32 Å². The number of benzene rings is 2. The molecule has 33 heavy (non-hydrogen) atoms. The Hall–Kier alpha value is -2.98. The minimum Gasteiger partial charge on any atom is -0.384 e. The molecule has 1 fully saturated rings. The highest BCUT2D eigenvalue weighted by Gasteiger charge is 2.28. The summed E-state index contributed by atoms with van der Waals surface area (Å²) in [6.45, 7) is 6.18. The van der Waals surface area contributed by atoms with Crippen molar-refractivity contribution in [2.24, 2.45) is 5.92 Å². The Morgan fingerprint density at radius 2 is 1.79 bits per heavy atom. The zero-order chi connectivity index (χ0) is 22.6. The van der Waals surface area contributed by atoms with Gasteiger partial charge in [0, 0.05) is 18.5 Å². The molecule has 1 aliphatic carbocycles. The molecular formula is C29H33N3O. The number of para-hydroxylation sites is 1. The van der Waals surface area contributed by atoms with E-state index >= 15 is 0 Å². The lowest BCUT2D eigenvalue weighted by Gasteiger charge is -2.31. The molecule has 5 rings (SSSR count). The Morgan fingerprint density at radius 1 is 1.03 bits per heavy atom. The Bertz CT molecular complexity index is 1160. The van der Waals surface area contributed by atoms with Crippen LogP contribution in [0.3, 0.4) is 0 Å². The molecule has 4 nitrogen and oxygen atoms in total. The first kappa shape index (κ1) is 21.8. The van der Waals surface area contributed by atoms with E-state index in [1.54, 1.807) is 0 Å². The SMILES string of the molecule is CCNc1c2c(nc3ccccc13)CC/C(=C/CC1CCN(Cc3ccccc3)CC1)C2=O. The minimum absolute atomic E-state index is 0.173. The number of aryl methyl sites for hydroxylation is 1. The van der Waals surface area contributed by atoms with E-state index < -0.39 is 0 Å². The van der Waals surface area contributed by atoms with Gasteiger partial charge in [0.25, 0.3) is 0 Å². The molecule has 4 heteroatoms. The van der Waals surface area contributed by atoms with Crippen LogP contribution in [0.4, 0.5) is 5.69 Å². The van der Waals surface area contributed by atoms with Gasteiger partial charge in [0.15, 0.2) is 5.78 Å². The molecule has 2 aromatic carbocycles. The minimum atomic E-state index is 0.173. The first-order valence-electron chi connectivity index (χ1n) is 12.4. The number of fused-ring (bicyclic) bond motifs is 2. The third kappa shape index (κ3) is 4.72. The van der Waals surface area contributed by atoms with E-state index in [1.807, 2.05) is 18.2 Å². The summed E-state index contributed by atoms with van der Waals surface area (Å²) < 4.78 is 0. The predicted molar refractivity (Wildman–Crippen MR) is 136 cm³/mol. The lowest BCUT2D eigenvalue weighted by Crippen LogP contribution is -2.33.